The normalized spacial score (nSPS) is 10.8. The second-order valence-electron chi connectivity index (χ2n) is 2.84. The van der Waals surface area contributed by atoms with Crippen molar-refractivity contribution in [2.45, 2.75) is 13.8 Å². The zero-order chi connectivity index (χ0) is 8.72. The van der Waals surface area contributed by atoms with Gasteiger partial charge in [-0.25, -0.2) is 0 Å². The van der Waals surface area contributed by atoms with Crippen LogP contribution < -0.4 is 5.73 Å². The molecule has 0 aliphatic rings. The van der Waals surface area contributed by atoms with E-state index in [4.69, 9.17) is 5.73 Å². The number of rotatable bonds is 0. The summed E-state index contributed by atoms with van der Waals surface area (Å²) in [7, 11) is 0. The van der Waals surface area contributed by atoms with Gasteiger partial charge in [0, 0.05) is 5.69 Å². The number of nitrogens with two attached hydrogens (primary N) is 1. The molecule has 2 aromatic rings. The van der Waals surface area contributed by atoms with Crippen LogP contribution in [0, 0.1) is 13.8 Å². The molecule has 2 heterocycles. The average Bonchev–Trinajstić information content (AvgIpc) is 2.42. The van der Waals surface area contributed by atoms with Crippen molar-refractivity contribution in [1.82, 2.24) is 14.6 Å². The molecule has 2 aromatic heterocycles. The molecule has 0 radical (unpaired) electrons. The van der Waals surface area contributed by atoms with Gasteiger partial charge in [-0.3, -0.25) is 4.40 Å². The first kappa shape index (κ1) is 7.09. The molecule has 0 spiro atoms. The minimum Gasteiger partial charge on any atom is -0.396 e. The number of fused-ring (bicyclic) bond motifs is 1. The summed E-state index contributed by atoms with van der Waals surface area (Å²) in [6, 6.07) is 3.80. The summed E-state index contributed by atoms with van der Waals surface area (Å²) in [5.41, 5.74) is 8.22. The molecule has 0 unspecified atom stereocenters. The minimum absolute atomic E-state index is 0.668. The maximum Gasteiger partial charge on any atom is 0.184 e. The Bertz CT molecular complexity index is 430. The van der Waals surface area contributed by atoms with E-state index in [1.165, 1.54) is 0 Å². The van der Waals surface area contributed by atoms with Gasteiger partial charge >= 0.3 is 0 Å². The van der Waals surface area contributed by atoms with E-state index >= 15 is 0 Å². The molecule has 0 amide bonds. The van der Waals surface area contributed by atoms with Crippen LogP contribution in [0.2, 0.25) is 0 Å². The van der Waals surface area contributed by atoms with Crippen LogP contribution in [0.5, 0.6) is 0 Å². The van der Waals surface area contributed by atoms with Crippen LogP contribution in [0.3, 0.4) is 0 Å². The average molecular weight is 162 g/mol. The van der Waals surface area contributed by atoms with Gasteiger partial charge < -0.3 is 5.73 Å². The van der Waals surface area contributed by atoms with E-state index in [9.17, 15) is 0 Å². The van der Waals surface area contributed by atoms with Gasteiger partial charge in [-0.05, 0) is 26.0 Å². The fourth-order valence-electron chi connectivity index (χ4n) is 1.33. The Morgan fingerprint density at radius 3 is 2.67 bits per heavy atom. The lowest BCUT2D eigenvalue weighted by molar-refractivity contribution is 0.978. The lowest BCUT2D eigenvalue weighted by atomic mass is 10.3. The first-order valence-electron chi connectivity index (χ1n) is 3.77. The highest BCUT2D eigenvalue weighted by molar-refractivity contribution is 5.64. The lowest BCUT2D eigenvalue weighted by Crippen LogP contribution is -1.97. The van der Waals surface area contributed by atoms with Crippen molar-refractivity contribution in [3.63, 3.8) is 0 Å². The number of nitrogens with zero attached hydrogens (tertiary/aromatic N) is 3. The van der Waals surface area contributed by atoms with Gasteiger partial charge in [0.15, 0.2) is 5.65 Å². The zero-order valence-corrected chi connectivity index (χ0v) is 7.07. The van der Waals surface area contributed by atoms with E-state index in [1.54, 1.807) is 0 Å². The smallest absolute Gasteiger partial charge is 0.184 e. The standard InChI is InChI=1S/C8H10N4/c1-5-3-4-7(9)8-11-10-6(2)12(5)8/h3-4H,9H2,1-2H3. The number of hydrogen-bond donors (Lipinski definition) is 1. The third-order valence-electron chi connectivity index (χ3n) is 1.94. The van der Waals surface area contributed by atoms with Crippen molar-refractivity contribution >= 4 is 11.3 Å². The first-order valence-corrected chi connectivity index (χ1v) is 3.77. The monoisotopic (exact) mass is 162 g/mol. The Balaban J connectivity index is 2.98. The van der Waals surface area contributed by atoms with E-state index in [1.807, 2.05) is 30.4 Å². The van der Waals surface area contributed by atoms with Crippen molar-refractivity contribution in [2.24, 2.45) is 0 Å². The van der Waals surface area contributed by atoms with Crippen LogP contribution in [-0.4, -0.2) is 14.6 Å². The molecule has 4 heteroatoms. The van der Waals surface area contributed by atoms with E-state index in [2.05, 4.69) is 10.2 Å². The lowest BCUT2D eigenvalue weighted by Gasteiger charge is -2.01. The number of anilines is 1. The molecule has 0 aliphatic carbocycles. The Kier molecular flexibility index (Phi) is 1.30. The topological polar surface area (TPSA) is 56.2 Å². The number of aryl methyl sites for hydroxylation is 2. The van der Waals surface area contributed by atoms with Crippen LogP contribution >= 0.6 is 0 Å². The zero-order valence-electron chi connectivity index (χ0n) is 7.07. The molecule has 0 saturated carbocycles. The summed E-state index contributed by atoms with van der Waals surface area (Å²) in [5, 5.41) is 7.92. The van der Waals surface area contributed by atoms with Gasteiger partial charge in [-0.1, -0.05) is 0 Å². The molecule has 2 N–H and O–H groups in total. The van der Waals surface area contributed by atoms with Gasteiger partial charge in [0.25, 0.3) is 0 Å². The SMILES string of the molecule is Cc1ccc(N)c2nnc(C)n12. The maximum absolute atomic E-state index is 5.72. The largest absolute Gasteiger partial charge is 0.396 e. The Morgan fingerprint density at radius 2 is 2.00 bits per heavy atom. The van der Waals surface area contributed by atoms with Crippen LogP contribution in [0.25, 0.3) is 5.65 Å². The van der Waals surface area contributed by atoms with Gasteiger partial charge in [-0.15, -0.1) is 10.2 Å². The fourth-order valence-corrected chi connectivity index (χ4v) is 1.33. The van der Waals surface area contributed by atoms with E-state index in [0.717, 1.165) is 17.2 Å². The second kappa shape index (κ2) is 2.20. The first-order chi connectivity index (χ1) is 5.70. The summed E-state index contributed by atoms with van der Waals surface area (Å²) in [6.07, 6.45) is 0. The van der Waals surface area contributed by atoms with Crippen LogP contribution in [0.1, 0.15) is 11.5 Å². The molecule has 12 heavy (non-hydrogen) atoms. The molecule has 0 saturated heterocycles. The molecule has 62 valence electrons. The van der Waals surface area contributed by atoms with Gasteiger partial charge in [0.1, 0.15) is 5.82 Å². The summed E-state index contributed by atoms with van der Waals surface area (Å²) in [6.45, 7) is 3.91. The van der Waals surface area contributed by atoms with Crippen LogP contribution in [-0.2, 0) is 0 Å². The third kappa shape index (κ3) is 0.777. The quantitative estimate of drug-likeness (QED) is 0.627. The van der Waals surface area contributed by atoms with E-state index < -0.39 is 0 Å². The van der Waals surface area contributed by atoms with Crippen LogP contribution in [0.4, 0.5) is 5.69 Å². The van der Waals surface area contributed by atoms with E-state index in [0.29, 0.717) is 5.69 Å². The minimum atomic E-state index is 0.668. The third-order valence-corrected chi connectivity index (χ3v) is 1.94. The molecule has 0 aliphatic heterocycles. The Hall–Kier alpha value is -1.58. The predicted molar refractivity (Wildman–Crippen MR) is 46.9 cm³/mol. The van der Waals surface area contributed by atoms with Crippen molar-refractivity contribution in [3.8, 4) is 0 Å². The summed E-state index contributed by atoms with van der Waals surface area (Å²) < 4.78 is 1.94. The Morgan fingerprint density at radius 1 is 1.25 bits per heavy atom. The molecule has 0 atom stereocenters. The Labute approximate surface area is 70.0 Å². The molecular weight excluding hydrogens is 152 g/mol. The maximum atomic E-state index is 5.72. The van der Waals surface area contributed by atoms with Gasteiger partial charge in [-0.2, -0.15) is 0 Å². The fraction of sp³-hybridized carbons (Fsp3) is 0.250. The number of nitrogen functional groups attached to an aromatic ring is 1. The highest BCUT2D eigenvalue weighted by Crippen LogP contribution is 2.13. The molecule has 2 rings (SSSR count). The molecule has 0 fully saturated rings. The second-order valence-corrected chi connectivity index (χ2v) is 2.84. The van der Waals surface area contributed by atoms with Crippen molar-refractivity contribution in [3.05, 3.63) is 23.7 Å². The number of hydrogen-bond acceptors (Lipinski definition) is 3. The van der Waals surface area contributed by atoms with Gasteiger partial charge in [0.2, 0.25) is 0 Å². The van der Waals surface area contributed by atoms with Crippen molar-refractivity contribution in [1.29, 1.82) is 0 Å². The van der Waals surface area contributed by atoms with E-state index in [-0.39, 0.29) is 0 Å². The summed E-state index contributed by atoms with van der Waals surface area (Å²) in [5.74, 6) is 0.870. The molecule has 4 nitrogen and oxygen atoms in total. The predicted octanol–water partition coefficient (Wildman–Crippen LogP) is 0.928. The number of aromatic nitrogens is 3. The number of pyridine rings is 1. The van der Waals surface area contributed by atoms with Crippen molar-refractivity contribution in [2.75, 3.05) is 5.73 Å². The van der Waals surface area contributed by atoms with Crippen LogP contribution in [0.15, 0.2) is 12.1 Å². The molecule has 0 aromatic carbocycles. The molecular formula is C8H10N4. The molecule has 0 bridgehead atoms. The van der Waals surface area contributed by atoms with Gasteiger partial charge in [0.05, 0.1) is 5.69 Å². The van der Waals surface area contributed by atoms with Crippen molar-refractivity contribution < 1.29 is 0 Å². The summed E-state index contributed by atoms with van der Waals surface area (Å²) >= 11 is 0. The summed E-state index contributed by atoms with van der Waals surface area (Å²) in [4.78, 5) is 0. The highest BCUT2D eigenvalue weighted by Gasteiger charge is 2.05. The highest BCUT2D eigenvalue weighted by atomic mass is 15.3.